The standard InChI is InChI=1S/C18H13ClO3S/c1-11(16(20)12-7-3-2-4-8-12)22-18(21)17-15(19)13-9-5-6-10-14(13)23-17/h2-11H,1H3/t11-/m1/s1. The normalized spacial score (nSPS) is 12.1. The van der Waals surface area contributed by atoms with Gasteiger partial charge in [0.2, 0.25) is 5.78 Å². The summed E-state index contributed by atoms with van der Waals surface area (Å²) in [6.07, 6.45) is -0.869. The second-order valence-corrected chi connectivity index (χ2v) is 6.45. The van der Waals surface area contributed by atoms with Crippen LogP contribution in [0.1, 0.15) is 27.0 Å². The van der Waals surface area contributed by atoms with E-state index in [0.717, 1.165) is 10.1 Å². The molecule has 3 rings (SSSR count). The first-order valence-electron chi connectivity index (χ1n) is 7.05. The lowest BCUT2D eigenvalue weighted by atomic mass is 10.1. The molecule has 1 aromatic heterocycles. The van der Waals surface area contributed by atoms with Crippen molar-refractivity contribution in [3.8, 4) is 0 Å². The van der Waals surface area contributed by atoms with Crippen LogP contribution < -0.4 is 0 Å². The second kappa shape index (κ2) is 6.52. The number of fused-ring (bicyclic) bond motifs is 1. The number of carbonyl (C=O) groups excluding carboxylic acids is 2. The zero-order chi connectivity index (χ0) is 16.4. The monoisotopic (exact) mass is 344 g/mol. The Balaban J connectivity index is 1.80. The minimum absolute atomic E-state index is 0.240. The van der Waals surface area contributed by atoms with Crippen molar-refractivity contribution >= 4 is 44.8 Å². The molecule has 0 aliphatic heterocycles. The van der Waals surface area contributed by atoms with Gasteiger partial charge in [-0.25, -0.2) is 4.79 Å². The van der Waals surface area contributed by atoms with Crippen molar-refractivity contribution in [1.29, 1.82) is 0 Å². The van der Waals surface area contributed by atoms with Crippen molar-refractivity contribution in [3.63, 3.8) is 0 Å². The minimum Gasteiger partial charge on any atom is -0.450 e. The SMILES string of the molecule is C[C@@H](OC(=O)c1sc2ccccc2c1Cl)C(=O)c1ccccc1. The van der Waals surface area contributed by atoms with E-state index in [1.165, 1.54) is 11.3 Å². The molecule has 2 aromatic carbocycles. The van der Waals surface area contributed by atoms with Crippen molar-refractivity contribution < 1.29 is 14.3 Å². The quantitative estimate of drug-likeness (QED) is 0.495. The number of esters is 1. The second-order valence-electron chi connectivity index (χ2n) is 5.02. The smallest absolute Gasteiger partial charge is 0.350 e. The molecular formula is C18H13ClO3S. The van der Waals surface area contributed by atoms with E-state index in [4.69, 9.17) is 16.3 Å². The molecule has 3 nitrogen and oxygen atoms in total. The molecule has 0 bridgehead atoms. The first kappa shape index (κ1) is 15.7. The summed E-state index contributed by atoms with van der Waals surface area (Å²) in [6, 6.07) is 16.2. The van der Waals surface area contributed by atoms with Gasteiger partial charge in [0.15, 0.2) is 6.10 Å². The van der Waals surface area contributed by atoms with Gasteiger partial charge in [0, 0.05) is 15.6 Å². The van der Waals surface area contributed by atoms with Gasteiger partial charge in [-0.3, -0.25) is 4.79 Å². The predicted molar refractivity (Wildman–Crippen MR) is 92.5 cm³/mol. The third-order valence-corrected chi connectivity index (χ3v) is 5.09. The molecule has 0 fully saturated rings. The molecule has 0 aliphatic rings. The van der Waals surface area contributed by atoms with Gasteiger partial charge in [0.25, 0.3) is 0 Å². The zero-order valence-corrected chi connectivity index (χ0v) is 13.9. The topological polar surface area (TPSA) is 43.4 Å². The van der Waals surface area contributed by atoms with Crippen molar-refractivity contribution in [2.24, 2.45) is 0 Å². The van der Waals surface area contributed by atoms with Crippen LogP contribution in [-0.2, 0) is 4.74 Å². The molecule has 5 heteroatoms. The Bertz CT molecular complexity index is 870. The van der Waals surface area contributed by atoms with E-state index in [1.54, 1.807) is 31.2 Å². The molecule has 3 aromatic rings. The van der Waals surface area contributed by atoms with Gasteiger partial charge in [-0.05, 0) is 13.0 Å². The highest BCUT2D eigenvalue weighted by atomic mass is 35.5. The Kier molecular flexibility index (Phi) is 4.46. The molecule has 1 atom stereocenters. The van der Waals surface area contributed by atoms with E-state index in [-0.39, 0.29) is 5.78 Å². The molecule has 23 heavy (non-hydrogen) atoms. The maximum atomic E-state index is 12.3. The van der Waals surface area contributed by atoms with Crippen LogP contribution in [0.4, 0.5) is 0 Å². The van der Waals surface area contributed by atoms with Crippen LogP contribution in [0.25, 0.3) is 10.1 Å². The number of benzene rings is 2. The van der Waals surface area contributed by atoms with Gasteiger partial charge in [-0.15, -0.1) is 11.3 Å². The molecule has 0 radical (unpaired) electrons. The maximum Gasteiger partial charge on any atom is 0.350 e. The fourth-order valence-electron chi connectivity index (χ4n) is 2.25. The summed E-state index contributed by atoms with van der Waals surface area (Å²) in [4.78, 5) is 24.9. The largest absolute Gasteiger partial charge is 0.450 e. The highest BCUT2D eigenvalue weighted by molar-refractivity contribution is 7.21. The lowest BCUT2D eigenvalue weighted by Crippen LogP contribution is -2.24. The Morgan fingerprint density at radius 1 is 1.04 bits per heavy atom. The average Bonchev–Trinajstić information content (AvgIpc) is 2.92. The molecule has 0 amide bonds. The Morgan fingerprint density at radius 2 is 1.70 bits per heavy atom. The van der Waals surface area contributed by atoms with Crippen LogP contribution in [0.2, 0.25) is 5.02 Å². The highest BCUT2D eigenvalue weighted by Gasteiger charge is 2.24. The van der Waals surface area contributed by atoms with E-state index in [9.17, 15) is 9.59 Å². The number of ketones is 1. The van der Waals surface area contributed by atoms with Gasteiger partial charge in [-0.2, -0.15) is 0 Å². The number of rotatable bonds is 4. The Morgan fingerprint density at radius 3 is 2.39 bits per heavy atom. The molecule has 0 spiro atoms. The predicted octanol–water partition coefficient (Wildman–Crippen LogP) is 4.98. The first-order valence-corrected chi connectivity index (χ1v) is 8.24. The third-order valence-electron chi connectivity index (χ3n) is 3.43. The Hall–Kier alpha value is -2.17. The van der Waals surface area contributed by atoms with Crippen molar-refractivity contribution in [1.82, 2.24) is 0 Å². The lowest BCUT2D eigenvalue weighted by Gasteiger charge is -2.11. The molecule has 1 heterocycles. The van der Waals surface area contributed by atoms with Gasteiger partial charge in [-0.1, -0.05) is 60.1 Å². The van der Waals surface area contributed by atoms with Crippen LogP contribution in [0.15, 0.2) is 54.6 Å². The van der Waals surface area contributed by atoms with Gasteiger partial charge in [0.05, 0.1) is 5.02 Å². The number of hydrogen-bond donors (Lipinski definition) is 0. The number of ether oxygens (including phenoxy) is 1. The van der Waals surface area contributed by atoms with E-state index in [0.29, 0.717) is 15.5 Å². The summed E-state index contributed by atoms with van der Waals surface area (Å²) < 4.78 is 6.21. The summed E-state index contributed by atoms with van der Waals surface area (Å²) >= 11 is 7.52. The van der Waals surface area contributed by atoms with Crippen LogP contribution in [0.3, 0.4) is 0 Å². The Labute approximate surface area is 142 Å². The van der Waals surface area contributed by atoms with Crippen molar-refractivity contribution in [2.45, 2.75) is 13.0 Å². The van der Waals surface area contributed by atoms with Gasteiger partial charge in [0.1, 0.15) is 4.88 Å². The summed E-state index contributed by atoms with van der Waals surface area (Å²) in [5.41, 5.74) is 0.509. The number of carbonyl (C=O) groups is 2. The third kappa shape index (κ3) is 3.14. The van der Waals surface area contributed by atoms with E-state index >= 15 is 0 Å². The highest BCUT2D eigenvalue weighted by Crippen LogP contribution is 2.35. The average molecular weight is 345 g/mol. The van der Waals surface area contributed by atoms with Crippen molar-refractivity contribution in [2.75, 3.05) is 0 Å². The minimum atomic E-state index is -0.869. The van der Waals surface area contributed by atoms with E-state index < -0.39 is 12.1 Å². The van der Waals surface area contributed by atoms with E-state index in [2.05, 4.69) is 0 Å². The maximum absolute atomic E-state index is 12.3. The molecule has 116 valence electrons. The molecule has 0 aliphatic carbocycles. The van der Waals surface area contributed by atoms with Crippen LogP contribution in [0.5, 0.6) is 0 Å². The zero-order valence-electron chi connectivity index (χ0n) is 12.3. The number of Topliss-reactive ketones (excluding diaryl/α,β-unsaturated/α-hetero) is 1. The van der Waals surface area contributed by atoms with E-state index in [1.807, 2.05) is 30.3 Å². The summed E-state index contributed by atoms with van der Waals surface area (Å²) in [5.74, 6) is -0.816. The summed E-state index contributed by atoms with van der Waals surface area (Å²) in [5, 5.41) is 1.18. The number of thiophene rings is 1. The van der Waals surface area contributed by atoms with Crippen LogP contribution >= 0.6 is 22.9 Å². The molecule has 0 N–H and O–H groups in total. The summed E-state index contributed by atoms with van der Waals surface area (Å²) in [7, 11) is 0. The summed E-state index contributed by atoms with van der Waals surface area (Å²) in [6.45, 7) is 1.56. The lowest BCUT2D eigenvalue weighted by molar-refractivity contribution is 0.0324. The van der Waals surface area contributed by atoms with Crippen LogP contribution in [0, 0.1) is 0 Å². The molecule has 0 saturated heterocycles. The molecular weight excluding hydrogens is 332 g/mol. The molecule has 0 saturated carbocycles. The van der Waals surface area contributed by atoms with Crippen molar-refractivity contribution in [3.05, 3.63) is 70.1 Å². The number of halogens is 1. The van der Waals surface area contributed by atoms with Gasteiger partial charge >= 0.3 is 5.97 Å². The fraction of sp³-hybridized carbons (Fsp3) is 0.111. The number of hydrogen-bond acceptors (Lipinski definition) is 4. The first-order chi connectivity index (χ1) is 11.1. The molecule has 0 unspecified atom stereocenters. The van der Waals surface area contributed by atoms with Gasteiger partial charge < -0.3 is 4.74 Å². The fourth-order valence-corrected chi connectivity index (χ4v) is 3.64. The van der Waals surface area contributed by atoms with Crippen LogP contribution in [-0.4, -0.2) is 17.9 Å².